The van der Waals surface area contributed by atoms with Crippen LogP contribution in [0.15, 0.2) is 29.2 Å². The first-order valence-corrected chi connectivity index (χ1v) is 4.84. The van der Waals surface area contributed by atoms with Gasteiger partial charge in [-0.25, -0.2) is 4.98 Å². The summed E-state index contributed by atoms with van der Waals surface area (Å²) in [5.41, 5.74) is 0.127. The molecule has 16 heavy (non-hydrogen) atoms. The molecule has 0 saturated heterocycles. The van der Waals surface area contributed by atoms with E-state index >= 15 is 0 Å². The van der Waals surface area contributed by atoms with Gasteiger partial charge in [-0.15, -0.1) is 0 Å². The molecular weight excluding hydrogens is 232 g/mol. The summed E-state index contributed by atoms with van der Waals surface area (Å²) in [7, 11) is 0. The van der Waals surface area contributed by atoms with Gasteiger partial charge in [0.25, 0.3) is 5.56 Å². The quantitative estimate of drug-likeness (QED) is 0.846. The second kappa shape index (κ2) is 3.94. The van der Waals surface area contributed by atoms with Crippen LogP contribution >= 0.6 is 11.6 Å². The Balaban J connectivity index is 2.70. The molecule has 0 amide bonds. The number of carboxylic acid groups (broad SMARTS) is 1. The Bertz CT molecular complexity index is 621. The molecule has 6 heteroatoms. The molecule has 0 spiro atoms. The summed E-state index contributed by atoms with van der Waals surface area (Å²) in [6, 6.07) is 4.40. The van der Waals surface area contributed by atoms with Gasteiger partial charge in [-0.2, -0.15) is 0 Å². The number of aliphatic carboxylic acids is 1. The third kappa shape index (κ3) is 1.90. The van der Waals surface area contributed by atoms with E-state index in [9.17, 15) is 9.59 Å². The zero-order valence-corrected chi connectivity index (χ0v) is 8.81. The van der Waals surface area contributed by atoms with Crippen LogP contribution in [0.5, 0.6) is 0 Å². The normalized spacial score (nSPS) is 10.6. The van der Waals surface area contributed by atoms with Crippen LogP contribution in [0.3, 0.4) is 0 Å². The van der Waals surface area contributed by atoms with Gasteiger partial charge in [-0.1, -0.05) is 11.6 Å². The van der Waals surface area contributed by atoms with E-state index in [-0.39, 0.29) is 23.3 Å². The molecule has 0 bridgehead atoms. The number of fused-ring (bicyclic) bond motifs is 1. The van der Waals surface area contributed by atoms with Crippen molar-refractivity contribution in [3.8, 4) is 0 Å². The van der Waals surface area contributed by atoms with Gasteiger partial charge in [0.2, 0.25) is 0 Å². The number of hydrogen-bond acceptors (Lipinski definition) is 3. The number of nitrogens with zero attached hydrogens (tertiary/aromatic N) is 2. The van der Waals surface area contributed by atoms with Gasteiger partial charge >= 0.3 is 5.97 Å². The van der Waals surface area contributed by atoms with Crippen LogP contribution < -0.4 is 5.56 Å². The van der Waals surface area contributed by atoms with Crippen molar-refractivity contribution < 1.29 is 9.90 Å². The van der Waals surface area contributed by atoms with E-state index in [0.717, 1.165) is 0 Å². The summed E-state index contributed by atoms with van der Waals surface area (Å²) in [5.74, 6) is -1.04. The molecule has 0 aromatic carbocycles. The van der Waals surface area contributed by atoms with Crippen LogP contribution in [0, 0.1) is 0 Å². The maximum atomic E-state index is 11.6. The Labute approximate surface area is 94.9 Å². The van der Waals surface area contributed by atoms with Gasteiger partial charge in [0.1, 0.15) is 0 Å². The minimum atomic E-state index is -1.04. The van der Waals surface area contributed by atoms with Crippen LogP contribution in [0.25, 0.3) is 5.65 Å². The third-order valence-electron chi connectivity index (χ3n) is 2.03. The Morgan fingerprint density at radius 1 is 1.56 bits per heavy atom. The van der Waals surface area contributed by atoms with Gasteiger partial charge in [-0.3, -0.25) is 14.0 Å². The van der Waals surface area contributed by atoms with E-state index in [2.05, 4.69) is 4.98 Å². The van der Waals surface area contributed by atoms with Crippen molar-refractivity contribution in [2.75, 3.05) is 0 Å². The van der Waals surface area contributed by atoms with E-state index in [1.165, 1.54) is 16.7 Å². The monoisotopic (exact) mass is 238 g/mol. The predicted molar refractivity (Wildman–Crippen MR) is 57.8 cm³/mol. The highest BCUT2D eigenvalue weighted by Crippen LogP contribution is 2.13. The van der Waals surface area contributed by atoms with Crippen molar-refractivity contribution in [2.45, 2.75) is 6.42 Å². The van der Waals surface area contributed by atoms with Crippen LogP contribution in [-0.2, 0) is 11.2 Å². The van der Waals surface area contributed by atoms with Gasteiger partial charge in [-0.05, 0) is 12.1 Å². The van der Waals surface area contributed by atoms with Crippen molar-refractivity contribution in [2.24, 2.45) is 0 Å². The fraction of sp³-hybridized carbons (Fsp3) is 0.100. The minimum Gasteiger partial charge on any atom is -0.481 e. The second-order valence-corrected chi connectivity index (χ2v) is 3.61. The molecule has 0 unspecified atom stereocenters. The number of carboxylic acids is 1. The van der Waals surface area contributed by atoms with Crippen molar-refractivity contribution in [3.05, 3.63) is 45.5 Å². The average molecular weight is 239 g/mol. The molecule has 0 aliphatic carbocycles. The summed E-state index contributed by atoms with van der Waals surface area (Å²) in [6.07, 6.45) is 1.23. The molecule has 0 saturated carbocycles. The molecule has 2 heterocycles. The average Bonchev–Trinajstić information content (AvgIpc) is 2.19. The number of halogens is 1. The van der Waals surface area contributed by atoms with E-state index in [1.54, 1.807) is 12.1 Å². The topological polar surface area (TPSA) is 71.7 Å². The molecule has 0 fully saturated rings. The van der Waals surface area contributed by atoms with Crippen molar-refractivity contribution in [1.82, 2.24) is 9.38 Å². The largest absolute Gasteiger partial charge is 0.481 e. The molecule has 0 aliphatic heterocycles. The molecule has 2 aromatic heterocycles. The molecule has 5 nitrogen and oxygen atoms in total. The molecular formula is C10H7ClN2O3. The second-order valence-electron chi connectivity index (χ2n) is 3.21. The highest BCUT2D eigenvalue weighted by Gasteiger charge is 2.07. The SMILES string of the molecule is O=C(O)Cc1cc(=O)n2cccc(Cl)c2n1. The number of carbonyl (C=O) groups is 1. The molecule has 2 aromatic rings. The highest BCUT2D eigenvalue weighted by atomic mass is 35.5. The Kier molecular flexibility index (Phi) is 2.62. The van der Waals surface area contributed by atoms with Crippen LogP contribution in [-0.4, -0.2) is 20.5 Å². The van der Waals surface area contributed by atoms with Crippen LogP contribution in [0.2, 0.25) is 5.02 Å². The van der Waals surface area contributed by atoms with Gasteiger partial charge < -0.3 is 5.11 Å². The molecule has 0 aliphatic rings. The first-order valence-electron chi connectivity index (χ1n) is 4.46. The summed E-state index contributed by atoms with van der Waals surface area (Å²) < 4.78 is 1.27. The standard InChI is InChI=1S/C10H7ClN2O3/c11-7-2-1-3-13-8(14)4-6(5-9(15)16)12-10(7)13/h1-4H,5H2,(H,15,16). The third-order valence-corrected chi connectivity index (χ3v) is 2.32. The Morgan fingerprint density at radius 3 is 3.00 bits per heavy atom. The molecule has 2 rings (SSSR count). The van der Waals surface area contributed by atoms with E-state index in [4.69, 9.17) is 16.7 Å². The van der Waals surface area contributed by atoms with E-state index in [0.29, 0.717) is 5.02 Å². The number of hydrogen-bond donors (Lipinski definition) is 1. The smallest absolute Gasteiger partial charge is 0.309 e. The van der Waals surface area contributed by atoms with E-state index in [1.807, 2.05) is 0 Å². The fourth-order valence-corrected chi connectivity index (χ4v) is 1.59. The van der Waals surface area contributed by atoms with Crippen molar-refractivity contribution in [1.29, 1.82) is 0 Å². The van der Waals surface area contributed by atoms with Gasteiger partial charge in [0.05, 0.1) is 17.1 Å². The maximum absolute atomic E-state index is 11.6. The lowest BCUT2D eigenvalue weighted by Crippen LogP contribution is -2.17. The molecule has 0 atom stereocenters. The lowest BCUT2D eigenvalue weighted by Gasteiger charge is -2.03. The number of rotatable bonds is 2. The molecule has 1 N–H and O–H groups in total. The summed E-state index contributed by atoms with van der Waals surface area (Å²) in [4.78, 5) is 26.1. The first kappa shape index (κ1) is 10.6. The van der Waals surface area contributed by atoms with E-state index < -0.39 is 5.97 Å². The van der Waals surface area contributed by atoms with Gasteiger partial charge in [0, 0.05) is 12.3 Å². The summed E-state index contributed by atoms with van der Waals surface area (Å²) >= 11 is 5.87. The lowest BCUT2D eigenvalue weighted by atomic mass is 10.3. The van der Waals surface area contributed by atoms with Crippen molar-refractivity contribution in [3.63, 3.8) is 0 Å². The zero-order valence-electron chi connectivity index (χ0n) is 8.05. The number of pyridine rings is 1. The molecule has 82 valence electrons. The van der Waals surface area contributed by atoms with Gasteiger partial charge in [0.15, 0.2) is 5.65 Å². The van der Waals surface area contributed by atoms with Crippen LogP contribution in [0.1, 0.15) is 5.69 Å². The fourth-order valence-electron chi connectivity index (χ4n) is 1.38. The first-order chi connectivity index (χ1) is 7.58. The van der Waals surface area contributed by atoms with Crippen LogP contribution in [0.4, 0.5) is 0 Å². The predicted octanol–water partition coefficient (Wildman–Crippen LogP) is 0.975. The molecule has 0 radical (unpaired) electrons. The zero-order chi connectivity index (χ0) is 11.7. The minimum absolute atomic E-state index is 0.200. The lowest BCUT2D eigenvalue weighted by molar-refractivity contribution is -0.136. The Hall–Kier alpha value is -1.88. The summed E-state index contributed by atoms with van der Waals surface area (Å²) in [5, 5.41) is 8.93. The number of aromatic nitrogens is 2. The maximum Gasteiger partial charge on any atom is 0.309 e. The van der Waals surface area contributed by atoms with Crippen molar-refractivity contribution >= 4 is 23.2 Å². The summed E-state index contributed by atoms with van der Waals surface area (Å²) in [6.45, 7) is 0. The highest BCUT2D eigenvalue weighted by molar-refractivity contribution is 6.33. The Morgan fingerprint density at radius 2 is 2.31 bits per heavy atom.